The first-order valence-electron chi connectivity index (χ1n) is 10.8. The Morgan fingerprint density at radius 2 is 1.86 bits per heavy atom. The lowest BCUT2D eigenvalue weighted by Crippen LogP contribution is -2.24. The Kier molecular flexibility index (Phi) is 6.00. The summed E-state index contributed by atoms with van der Waals surface area (Å²) in [6.45, 7) is 3.90. The minimum Gasteiger partial charge on any atom is -0.348 e. The van der Waals surface area contributed by atoms with Gasteiger partial charge in [0, 0.05) is 35.6 Å². The third-order valence-electron chi connectivity index (χ3n) is 5.36. The molecule has 184 valence electrons. The van der Waals surface area contributed by atoms with Gasteiger partial charge in [0.1, 0.15) is 11.5 Å². The fourth-order valence-electron chi connectivity index (χ4n) is 3.68. The van der Waals surface area contributed by atoms with Crippen LogP contribution in [0.2, 0.25) is 0 Å². The van der Waals surface area contributed by atoms with Crippen LogP contribution in [0.3, 0.4) is 0 Å². The highest BCUT2D eigenvalue weighted by Crippen LogP contribution is 2.31. The number of nitrogens with one attached hydrogen (secondary N) is 1. The van der Waals surface area contributed by atoms with Crippen molar-refractivity contribution in [3.05, 3.63) is 76.7 Å². The first kappa shape index (κ1) is 23.6. The first-order chi connectivity index (χ1) is 17.2. The molecule has 0 spiro atoms. The number of nitrogens with zero attached hydrogens (tertiary/aromatic N) is 7. The molecule has 36 heavy (non-hydrogen) atoms. The summed E-state index contributed by atoms with van der Waals surface area (Å²) in [5.74, 6) is 0.178. The lowest BCUT2D eigenvalue weighted by atomic mass is 10.2. The predicted octanol–water partition coefficient (Wildman–Crippen LogP) is 4.09. The highest BCUT2D eigenvalue weighted by Gasteiger charge is 2.31. The van der Waals surface area contributed by atoms with E-state index in [1.165, 1.54) is 17.4 Å². The van der Waals surface area contributed by atoms with Gasteiger partial charge in [-0.3, -0.25) is 9.20 Å². The molecule has 0 radical (unpaired) electrons. The highest BCUT2D eigenvalue weighted by atomic mass is 32.1. The number of hydrogen-bond donors (Lipinski definition) is 1. The van der Waals surface area contributed by atoms with Gasteiger partial charge >= 0.3 is 6.18 Å². The standard InChI is InChI=1S/C23H19F3N8OS/c1-13-3-4-20(36-13)19-11-29-21-18(34-17(10-31-32-34)6-23(24,25)26)5-16(12-33(19)21)22(35)30-9-15-7-27-14(2)28-8-15/h3-5,7-8,10-12H,6,9H2,1-2H3,(H,30,35). The Morgan fingerprint density at radius 3 is 2.56 bits per heavy atom. The number of rotatable bonds is 6. The van der Waals surface area contributed by atoms with E-state index in [9.17, 15) is 18.0 Å². The fraction of sp³-hybridized carbons (Fsp3) is 0.217. The van der Waals surface area contributed by atoms with E-state index in [-0.39, 0.29) is 23.5 Å². The largest absolute Gasteiger partial charge is 0.394 e. The van der Waals surface area contributed by atoms with E-state index in [4.69, 9.17) is 0 Å². The molecule has 9 nitrogen and oxygen atoms in total. The van der Waals surface area contributed by atoms with Gasteiger partial charge in [0.05, 0.1) is 40.6 Å². The molecule has 5 aromatic heterocycles. The molecule has 0 aliphatic rings. The van der Waals surface area contributed by atoms with E-state index in [1.807, 2.05) is 19.1 Å². The number of thiophene rings is 1. The minimum atomic E-state index is -4.46. The van der Waals surface area contributed by atoms with Crippen molar-refractivity contribution in [2.75, 3.05) is 0 Å². The van der Waals surface area contributed by atoms with E-state index < -0.39 is 18.5 Å². The molecule has 5 aromatic rings. The van der Waals surface area contributed by atoms with Crippen LogP contribution in [0, 0.1) is 13.8 Å². The smallest absolute Gasteiger partial charge is 0.348 e. The minimum absolute atomic E-state index is 0.171. The van der Waals surface area contributed by atoms with Crippen LogP contribution in [0.15, 0.2) is 49.2 Å². The summed E-state index contributed by atoms with van der Waals surface area (Å²) < 4.78 is 42.3. The summed E-state index contributed by atoms with van der Waals surface area (Å²) in [6.07, 6.45) is 1.82. The summed E-state index contributed by atoms with van der Waals surface area (Å²) in [4.78, 5) is 27.8. The molecule has 5 heterocycles. The van der Waals surface area contributed by atoms with Crippen molar-refractivity contribution in [1.29, 1.82) is 0 Å². The second-order valence-corrected chi connectivity index (χ2v) is 9.40. The molecule has 0 aliphatic heterocycles. The molecule has 0 aromatic carbocycles. The lowest BCUT2D eigenvalue weighted by molar-refractivity contribution is -0.128. The average Bonchev–Trinajstić information content (AvgIpc) is 3.56. The predicted molar refractivity (Wildman–Crippen MR) is 126 cm³/mol. The van der Waals surface area contributed by atoms with Crippen molar-refractivity contribution in [2.24, 2.45) is 0 Å². The van der Waals surface area contributed by atoms with Crippen LogP contribution < -0.4 is 5.32 Å². The topological polar surface area (TPSA) is 103 Å². The number of carbonyl (C=O) groups excluding carboxylic acids is 1. The summed E-state index contributed by atoms with van der Waals surface area (Å²) in [6, 6.07) is 5.35. The highest BCUT2D eigenvalue weighted by molar-refractivity contribution is 7.15. The van der Waals surface area contributed by atoms with E-state index in [0.717, 1.165) is 20.6 Å². The summed E-state index contributed by atoms with van der Waals surface area (Å²) in [7, 11) is 0. The Morgan fingerprint density at radius 1 is 1.08 bits per heavy atom. The third kappa shape index (κ3) is 4.82. The number of aryl methyl sites for hydroxylation is 2. The molecule has 0 atom stereocenters. The lowest BCUT2D eigenvalue weighted by Gasteiger charge is -2.13. The molecule has 13 heteroatoms. The SMILES string of the molecule is Cc1ncc(CNC(=O)c2cc(-n3nncc3CC(F)(F)F)c3ncc(-c4ccc(C)s4)n3c2)cn1. The Hall–Kier alpha value is -4.13. The molecule has 5 rings (SSSR count). The van der Waals surface area contributed by atoms with Gasteiger partial charge in [-0.25, -0.2) is 19.6 Å². The number of alkyl halides is 3. The van der Waals surface area contributed by atoms with Crippen LogP contribution in [0.25, 0.3) is 21.9 Å². The molecular formula is C23H19F3N8OS. The quantitative estimate of drug-likeness (QED) is 0.368. The number of carbonyl (C=O) groups is 1. The van der Waals surface area contributed by atoms with E-state index >= 15 is 0 Å². The summed E-state index contributed by atoms with van der Waals surface area (Å²) in [5.41, 5.74) is 1.99. The van der Waals surface area contributed by atoms with Gasteiger partial charge in [-0.15, -0.1) is 16.4 Å². The Balaban J connectivity index is 1.59. The van der Waals surface area contributed by atoms with Gasteiger partial charge in [0.15, 0.2) is 5.65 Å². The third-order valence-corrected chi connectivity index (χ3v) is 6.38. The van der Waals surface area contributed by atoms with Crippen LogP contribution in [-0.4, -0.2) is 46.4 Å². The molecule has 0 saturated heterocycles. The number of imidazole rings is 1. The average molecular weight is 513 g/mol. The van der Waals surface area contributed by atoms with Crippen molar-refractivity contribution in [3.8, 4) is 16.3 Å². The van der Waals surface area contributed by atoms with Crippen LogP contribution in [0.5, 0.6) is 0 Å². The second kappa shape index (κ2) is 9.15. The monoisotopic (exact) mass is 512 g/mol. The Bertz CT molecular complexity index is 1550. The van der Waals surface area contributed by atoms with E-state index in [0.29, 0.717) is 22.7 Å². The van der Waals surface area contributed by atoms with E-state index in [1.54, 1.807) is 36.1 Å². The zero-order chi connectivity index (χ0) is 25.4. The van der Waals surface area contributed by atoms with Crippen molar-refractivity contribution in [2.45, 2.75) is 33.0 Å². The summed E-state index contributed by atoms with van der Waals surface area (Å²) >= 11 is 1.54. The zero-order valence-corrected chi connectivity index (χ0v) is 19.9. The maximum Gasteiger partial charge on any atom is 0.394 e. The van der Waals surface area contributed by atoms with Gasteiger partial charge in [-0.05, 0) is 32.0 Å². The van der Waals surface area contributed by atoms with E-state index in [2.05, 4.69) is 30.6 Å². The van der Waals surface area contributed by atoms with Crippen molar-refractivity contribution < 1.29 is 18.0 Å². The zero-order valence-electron chi connectivity index (χ0n) is 19.1. The molecule has 0 saturated carbocycles. The first-order valence-corrected chi connectivity index (χ1v) is 11.6. The van der Waals surface area contributed by atoms with Crippen molar-refractivity contribution >= 4 is 22.9 Å². The number of hydrogen-bond acceptors (Lipinski definition) is 7. The molecule has 0 fully saturated rings. The van der Waals surface area contributed by atoms with Crippen LogP contribution in [0.1, 0.15) is 32.3 Å². The summed E-state index contributed by atoms with van der Waals surface area (Å²) in [5, 5.41) is 10.4. The molecule has 1 amide bonds. The molecular weight excluding hydrogens is 493 g/mol. The van der Waals surface area contributed by atoms with Crippen molar-refractivity contribution in [1.82, 2.24) is 39.7 Å². The normalized spacial score (nSPS) is 11.8. The maximum absolute atomic E-state index is 13.2. The molecule has 1 N–H and O–H groups in total. The van der Waals surface area contributed by atoms with Crippen LogP contribution in [0.4, 0.5) is 13.2 Å². The van der Waals surface area contributed by atoms with Crippen LogP contribution in [-0.2, 0) is 13.0 Å². The number of pyridine rings is 1. The van der Waals surface area contributed by atoms with Crippen molar-refractivity contribution in [3.63, 3.8) is 0 Å². The van der Waals surface area contributed by atoms with Crippen LogP contribution >= 0.6 is 11.3 Å². The fourth-order valence-corrected chi connectivity index (χ4v) is 4.56. The molecule has 0 aliphatic carbocycles. The molecule has 0 unspecified atom stereocenters. The number of amides is 1. The number of halogens is 3. The second-order valence-electron chi connectivity index (χ2n) is 8.11. The van der Waals surface area contributed by atoms with Gasteiger partial charge in [0.2, 0.25) is 0 Å². The van der Waals surface area contributed by atoms with Gasteiger partial charge in [0.25, 0.3) is 5.91 Å². The Labute approximate surface area is 206 Å². The molecule has 0 bridgehead atoms. The maximum atomic E-state index is 13.2. The van der Waals surface area contributed by atoms with Gasteiger partial charge in [-0.1, -0.05) is 5.21 Å². The number of fused-ring (bicyclic) bond motifs is 1. The van der Waals surface area contributed by atoms with Gasteiger partial charge in [-0.2, -0.15) is 13.2 Å². The van der Waals surface area contributed by atoms with Gasteiger partial charge < -0.3 is 5.32 Å². The number of aromatic nitrogens is 7.